The van der Waals surface area contributed by atoms with Crippen molar-refractivity contribution in [2.75, 3.05) is 12.4 Å². The van der Waals surface area contributed by atoms with Gasteiger partial charge in [-0.05, 0) is 29.8 Å². The molecule has 18 heavy (non-hydrogen) atoms. The zero-order valence-corrected chi connectivity index (χ0v) is 9.91. The fourth-order valence-corrected chi connectivity index (χ4v) is 1.64. The second kappa shape index (κ2) is 5.49. The van der Waals surface area contributed by atoms with E-state index in [0.717, 1.165) is 17.4 Å². The first-order valence-corrected chi connectivity index (χ1v) is 5.50. The second-order valence-corrected chi connectivity index (χ2v) is 3.86. The summed E-state index contributed by atoms with van der Waals surface area (Å²) in [6.45, 7) is 0.472. The molecule has 0 aliphatic rings. The number of hydrogen-bond acceptors (Lipinski definition) is 2. The topological polar surface area (TPSA) is 21.3 Å². The van der Waals surface area contributed by atoms with Crippen LogP contribution in [0.1, 0.15) is 5.56 Å². The van der Waals surface area contributed by atoms with E-state index in [-0.39, 0.29) is 0 Å². The zero-order valence-electron chi connectivity index (χ0n) is 9.91. The van der Waals surface area contributed by atoms with Crippen molar-refractivity contribution >= 4 is 5.69 Å². The van der Waals surface area contributed by atoms with Crippen molar-refractivity contribution in [2.45, 2.75) is 6.54 Å². The highest BCUT2D eigenvalue weighted by Crippen LogP contribution is 2.16. The van der Waals surface area contributed by atoms with Crippen LogP contribution in [-0.4, -0.2) is 7.11 Å². The van der Waals surface area contributed by atoms with Crippen LogP contribution < -0.4 is 10.1 Å². The van der Waals surface area contributed by atoms with E-state index in [2.05, 4.69) is 5.32 Å². The molecule has 0 fully saturated rings. The summed E-state index contributed by atoms with van der Waals surface area (Å²) in [6, 6.07) is 10.8. The summed E-state index contributed by atoms with van der Waals surface area (Å²) in [6.07, 6.45) is 0. The number of benzene rings is 2. The Bertz CT molecular complexity index is 523. The van der Waals surface area contributed by atoms with Gasteiger partial charge in [-0.25, -0.2) is 8.78 Å². The minimum absolute atomic E-state index is 0.412. The largest absolute Gasteiger partial charge is 0.497 e. The standard InChI is InChI=1S/C14H13F2NO/c1-18-14-4-2-3-10(5-14)9-17-13-7-11(15)6-12(16)8-13/h2-8,17H,9H2,1H3. The normalized spacial score (nSPS) is 10.2. The molecule has 0 saturated heterocycles. The average Bonchev–Trinajstić information content (AvgIpc) is 2.35. The first-order chi connectivity index (χ1) is 8.67. The van der Waals surface area contributed by atoms with Gasteiger partial charge in [0.2, 0.25) is 0 Å². The Balaban J connectivity index is 2.06. The molecule has 4 heteroatoms. The highest BCUT2D eigenvalue weighted by atomic mass is 19.1. The van der Waals surface area contributed by atoms with Crippen LogP contribution in [-0.2, 0) is 6.54 Å². The van der Waals surface area contributed by atoms with E-state index in [1.54, 1.807) is 7.11 Å². The average molecular weight is 249 g/mol. The molecule has 0 aliphatic heterocycles. The number of rotatable bonds is 4. The predicted molar refractivity (Wildman–Crippen MR) is 66.7 cm³/mol. The van der Waals surface area contributed by atoms with Crippen molar-refractivity contribution in [3.05, 3.63) is 59.7 Å². The van der Waals surface area contributed by atoms with Crippen molar-refractivity contribution in [3.63, 3.8) is 0 Å². The van der Waals surface area contributed by atoms with E-state index >= 15 is 0 Å². The Morgan fingerprint density at radius 2 is 1.78 bits per heavy atom. The number of methoxy groups -OCH3 is 1. The first kappa shape index (κ1) is 12.4. The smallest absolute Gasteiger partial charge is 0.128 e. The van der Waals surface area contributed by atoms with E-state index in [1.165, 1.54) is 12.1 Å². The number of anilines is 1. The Morgan fingerprint density at radius 3 is 2.44 bits per heavy atom. The van der Waals surface area contributed by atoms with Crippen LogP contribution in [0.5, 0.6) is 5.75 Å². The molecular formula is C14H13F2NO. The molecule has 2 aromatic carbocycles. The minimum Gasteiger partial charge on any atom is -0.497 e. The van der Waals surface area contributed by atoms with Crippen molar-refractivity contribution in [3.8, 4) is 5.75 Å². The maximum Gasteiger partial charge on any atom is 0.128 e. The molecule has 0 heterocycles. The van der Waals surface area contributed by atoms with Gasteiger partial charge in [-0.15, -0.1) is 0 Å². The SMILES string of the molecule is COc1cccc(CNc2cc(F)cc(F)c2)c1. The molecular weight excluding hydrogens is 236 g/mol. The van der Waals surface area contributed by atoms with E-state index in [4.69, 9.17) is 4.74 Å². The number of halogens is 2. The summed E-state index contributed by atoms with van der Waals surface area (Å²) < 4.78 is 31.0. The van der Waals surface area contributed by atoms with Crippen LogP contribution in [0.4, 0.5) is 14.5 Å². The van der Waals surface area contributed by atoms with Gasteiger partial charge in [0.05, 0.1) is 7.11 Å². The molecule has 0 radical (unpaired) electrons. The van der Waals surface area contributed by atoms with Crippen LogP contribution in [0, 0.1) is 11.6 Å². The molecule has 0 bridgehead atoms. The molecule has 0 saturated carbocycles. The van der Waals surface area contributed by atoms with Gasteiger partial charge in [0.15, 0.2) is 0 Å². The monoisotopic (exact) mass is 249 g/mol. The van der Waals surface area contributed by atoms with Gasteiger partial charge in [0.1, 0.15) is 17.4 Å². The molecule has 2 nitrogen and oxygen atoms in total. The third kappa shape index (κ3) is 3.20. The van der Waals surface area contributed by atoms with Crippen molar-refractivity contribution in [1.29, 1.82) is 0 Å². The lowest BCUT2D eigenvalue weighted by atomic mass is 10.2. The molecule has 0 aromatic heterocycles. The molecule has 0 amide bonds. The zero-order chi connectivity index (χ0) is 13.0. The van der Waals surface area contributed by atoms with Crippen LogP contribution in [0.15, 0.2) is 42.5 Å². The minimum atomic E-state index is -0.594. The summed E-state index contributed by atoms with van der Waals surface area (Å²) in [7, 11) is 1.59. The van der Waals surface area contributed by atoms with Gasteiger partial charge in [0, 0.05) is 18.3 Å². The molecule has 0 spiro atoms. The van der Waals surface area contributed by atoms with Crippen molar-refractivity contribution in [2.24, 2.45) is 0 Å². The Labute approximate surface area is 104 Å². The predicted octanol–water partition coefficient (Wildman–Crippen LogP) is 3.59. The molecule has 0 unspecified atom stereocenters. The molecule has 94 valence electrons. The molecule has 2 rings (SSSR count). The van der Waals surface area contributed by atoms with Crippen molar-refractivity contribution < 1.29 is 13.5 Å². The Hall–Kier alpha value is -2.10. The van der Waals surface area contributed by atoms with Gasteiger partial charge < -0.3 is 10.1 Å². The van der Waals surface area contributed by atoms with Crippen LogP contribution in [0.3, 0.4) is 0 Å². The van der Waals surface area contributed by atoms with E-state index in [9.17, 15) is 8.78 Å². The molecule has 0 atom stereocenters. The first-order valence-electron chi connectivity index (χ1n) is 5.50. The van der Waals surface area contributed by atoms with E-state index in [0.29, 0.717) is 12.2 Å². The van der Waals surface area contributed by atoms with Crippen LogP contribution in [0.2, 0.25) is 0 Å². The molecule has 2 aromatic rings. The van der Waals surface area contributed by atoms with Gasteiger partial charge >= 0.3 is 0 Å². The molecule has 1 N–H and O–H groups in total. The van der Waals surface area contributed by atoms with E-state index < -0.39 is 11.6 Å². The van der Waals surface area contributed by atoms with Gasteiger partial charge in [-0.3, -0.25) is 0 Å². The lowest BCUT2D eigenvalue weighted by molar-refractivity contribution is 0.414. The maximum absolute atomic E-state index is 13.0. The lowest BCUT2D eigenvalue weighted by Gasteiger charge is -2.08. The summed E-state index contributed by atoms with van der Waals surface area (Å²) in [4.78, 5) is 0. The van der Waals surface area contributed by atoms with Crippen molar-refractivity contribution in [1.82, 2.24) is 0 Å². The van der Waals surface area contributed by atoms with Gasteiger partial charge in [-0.2, -0.15) is 0 Å². The Kier molecular flexibility index (Phi) is 3.77. The van der Waals surface area contributed by atoms with Gasteiger partial charge in [0.25, 0.3) is 0 Å². The van der Waals surface area contributed by atoms with E-state index in [1.807, 2.05) is 24.3 Å². The fraction of sp³-hybridized carbons (Fsp3) is 0.143. The fourth-order valence-electron chi connectivity index (χ4n) is 1.64. The number of ether oxygens (including phenoxy) is 1. The lowest BCUT2D eigenvalue weighted by Crippen LogP contribution is -2.00. The van der Waals surface area contributed by atoms with Gasteiger partial charge in [-0.1, -0.05) is 12.1 Å². The quantitative estimate of drug-likeness (QED) is 0.894. The third-order valence-electron chi connectivity index (χ3n) is 2.49. The summed E-state index contributed by atoms with van der Waals surface area (Å²) in [5.74, 6) is -0.439. The maximum atomic E-state index is 13.0. The summed E-state index contributed by atoms with van der Waals surface area (Å²) in [5.41, 5.74) is 1.38. The second-order valence-electron chi connectivity index (χ2n) is 3.86. The third-order valence-corrected chi connectivity index (χ3v) is 2.49. The van der Waals surface area contributed by atoms with Crippen LogP contribution in [0.25, 0.3) is 0 Å². The number of nitrogens with one attached hydrogen (secondary N) is 1. The number of hydrogen-bond donors (Lipinski definition) is 1. The Morgan fingerprint density at radius 1 is 1.06 bits per heavy atom. The highest BCUT2D eigenvalue weighted by Gasteiger charge is 2.01. The summed E-state index contributed by atoms with van der Waals surface area (Å²) >= 11 is 0. The highest BCUT2D eigenvalue weighted by molar-refractivity contribution is 5.44. The molecule has 0 aliphatic carbocycles. The van der Waals surface area contributed by atoms with Crippen LogP contribution >= 0.6 is 0 Å². The summed E-state index contributed by atoms with van der Waals surface area (Å²) in [5, 5.41) is 2.96.